The molecule has 0 saturated heterocycles. The number of hydrogen-bond acceptors (Lipinski definition) is 4. The Hall–Kier alpha value is -3.02. The lowest BCUT2D eigenvalue weighted by Crippen LogP contribution is -2.39. The number of hydrogen-bond donors (Lipinski definition) is 2. The minimum atomic E-state index is -0.539. The van der Waals surface area contributed by atoms with Crippen molar-refractivity contribution in [1.82, 2.24) is 5.32 Å². The molecule has 0 unspecified atom stereocenters. The van der Waals surface area contributed by atoms with E-state index in [1.807, 2.05) is 69.3 Å². The molecule has 0 spiro atoms. The Bertz CT molecular complexity index is 875. The molecule has 3 rings (SSSR count). The Morgan fingerprint density at radius 1 is 1.10 bits per heavy atom. The lowest BCUT2D eigenvalue weighted by molar-refractivity contribution is -0.119. The smallest absolute Gasteiger partial charge is 0.414 e. The second-order valence-electron chi connectivity index (χ2n) is 8.52. The molecule has 1 heterocycles. The van der Waals surface area contributed by atoms with Crippen molar-refractivity contribution in [2.24, 2.45) is 0 Å². The van der Waals surface area contributed by atoms with Gasteiger partial charge in [0.1, 0.15) is 5.60 Å². The van der Waals surface area contributed by atoms with Gasteiger partial charge in [-0.25, -0.2) is 4.79 Å². The van der Waals surface area contributed by atoms with Crippen LogP contribution in [0.2, 0.25) is 0 Å². The molecule has 0 radical (unpaired) electrons. The minimum Gasteiger partial charge on any atom is -0.443 e. The number of nitrogens with zero attached hydrogens (tertiary/aromatic N) is 1. The maximum Gasteiger partial charge on any atom is 0.414 e. The second kappa shape index (κ2) is 9.65. The van der Waals surface area contributed by atoms with Crippen molar-refractivity contribution in [3.63, 3.8) is 0 Å². The standard InChI is InChI=1S/C24H31N3O3/c1-24(2,3)30-23(29)27-15-7-10-19-11-12-20(16-21(19)27)26-17-22(28)25-14-13-18-8-5-4-6-9-18/h4-6,8-9,11-12,16,26H,7,10,13-15,17H2,1-3H3,(H,25,28). The number of fused-ring (bicyclic) bond motifs is 1. The van der Waals surface area contributed by atoms with E-state index in [-0.39, 0.29) is 18.5 Å². The third-order valence-corrected chi connectivity index (χ3v) is 4.85. The fourth-order valence-corrected chi connectivity index (χ4v) is 3.43. The normalized spacial score (nSPS) is 13.4. The van der Waals surface area contributed by atoms with Crippen LogP contribution < -0.4 is 15.5 Å². The Balaban J connectivity index is 1.55. The van der Waals surface area contributed by atoms with Crippen LogP contribution in [0.1, 0.15) is 38.3 Å². The third-order valence-electron chi connectivity index (χ3n) is 4.85. The highest BCUT2D eigenvalue weighted by molar-refractivity contribution is 5.90. The van der Waals surface area contributed by atoms with Gasteiger partial charge in [0.05, 0.1) is 12.2 Å². The summed E-state index contributed by atoms with van der Waals surface area (Å²) in [5.74, 6) is -0.0624. The van der Waals surface area contributed by atoms with Crippen LogP contribution >= 0.6 is 0 Å². The summed E-state index contributed by atoms with van der Waals surface area (Å²) in [7, 11) is 0. The Morgan fingerprint density at radius 2 is 1.87 bits per heavy atom. The monoisotopic (exact) mass is 409 g/mol. The maximum atomic E-state index is 12.6. The number of aryl methyl sites for hydroxylation is 1. The molecule has 2 aromatic carbocycles. The lowest BCUT2D eigenvalue weighted by Gasteiger charge is -2.32. The van der Waals surface area contributed by atoms with E-state index < -0.39 is 5.60 Å². The van der Waals surface area contributed by atoms with Gasteiger partial charge in [-0.2, -0.15) is 0 Å². The summed E-state index contributed by atoms with van der Waals surface area (Å²) in [4.78, 5) is 26.5. The number of carbonyl (C=O) groups is 2. The Labute approximate surface area is 178 Å². The molecule has 2 amide bonds. The number of carbonyl (C=O) groups excluding carboxylic acids is 2. The molecule has 0 saturated carbocycles. The quantitative estimate of drug-likeness (QED) is 0.752. The molecule has 6 heteroatoms. The average Bonchev–Trinajstić information content (AvgIpc) is 2.71. The molecule has 0 aliphatic carbocycles. The van der Waals surface area contributed by atoms with Crippen molar-refractivity contribution >= 4 is 23.4 Å². The molecular formula is C24H31N3O3. The fraction of sp³-hybridized carbons (Fsp3) is 0.417. The van der Waals surface area contributed by atoms with Crippen LogP contribution in [-0.4, -0.2) is 37.2 Å². The first-order valence-corrected chi connectivity index (χ1v) is 10.5. The van der Waals surface area contributed by atoms with Gasteiger partial charge >= 0.3 is 6.09 Å². The number of ether oxygens (including phenoxy) is 1. The van der Waals surface area contributed by atoms with Crippen LogP contribution in [0.3, 0.4) is 0 Å². The number of amides is 2. The van der Waals surface area contributed by atoms with E-state index >= 15 is 0 Å². The molecule has 2 N–H and O–H groups in total. The predicted octanol–water partition coefficient (Wildman–Crippen LogP) is 4.15. The topological polar surface area (TPSA) is 70.7 Å². The van der Waals surface area contributed by atoms with Gasteiger partial charge < -0.3 is 15.4 Å². The van der Waals surface area contributed by atoms with E-state index in [9.17, 15) is 9.59 Å². The van der Waals surface area contributed by atoms with E-state index in [1.165, 1.54) is 5.56 Å². The molecule has 160 valence electrons. The van der Waals surface area contributed by atoms with Crippen LogP contribution in [0.5, 0.6) is 0 Å². The SMILES string of the molecule is CC(C)(C)OC(=O)N1CCCc2ccc(NCC(=O)NCCc3ccccc3)cc21. The van der Waals surface area contributed by atoms with Gasteiger partial charge in [-0.05, 0) is 63.3 Å². The first kappa shape index (κ1) is 21.7. The summed E-state index contributed by atoms with van der Waals surface area (Å²) < 4.78 is 5.56. The summed E-state index contributed by atoms with van der Waals surface area (Å²) >= 11 is 0. The van der Waals surface area contributed by atoms with E-state index in [2.05, 4.69) is 10.6 Å². The molecule has 30 heavy (non-hydrogen) atoms. The number of rotatable bonds is 6. The summed E-state index contributed by atoms with van der Waals surface area (Å²) in [6.45, 7) is 7.00. The van der Waals surface area contributed by atoms with Gasteiger partial charge in [0.2, 0.25) is 5.91 Å². The molecule has 0 aromatic heterocycles. The second-order valence-corrected chi connectivity index (χ2v) is 8.52. The zero-order chi connectivity index (χ0) is 21.6. The fourth-order valence-electron chi connectivity index (χ4n) is 3.43. The number of anilines is 2. The van der Waals surface area contributed by atoms with Crippen molar-refractivity contribution in [3.8, 4) is 0 Å². The van der Waals surface area contributed by atoms with Gasteiger partial charge in [0.25, 0.3) is 0 Å². The van der Waals surface area contributed by atoms with E-state index in [0.717, 1.165) is 36.2 Å². The zero-order valence-electron chi connectivity index (χ0n) is 18.0. The lowest BCUT2D eigenvalue weighted by atomic mass is 10.0. The van der Waals surface area contributed by atoms with Gasteiger partial charge in [-0.3, -0.25) is 9.69 Å². The summed E-state index contributed by atoms with van der Waals surface area (Å²) in [5.41, 5.74) is 3.43. The van der Waals surface area contributed by atoms with Crippen molar-refractivity contribution in [1.29, 1.82) is 0 Å². The molecule has 6 nitrogen and oxygen atoms in total. The van der Waals surface area contributed by atoms with Crippen molar-refractivity contribution < 1.29 is 14.3 Å². The number of benzene rings is 2. The molecular weight excluding hydrogens is 378 g/mol. The van der Waals surface area contributed by atoms with Crippen LogP contribution in [0.4, 0.5) is 16.2 Å². The van der Waals surface area contributed by atoms with Crippen molar-refractivity contribution in [3.05, 3.63) is 59.7 Å². The Morgan fingerprint density at radius 3 is 2.60 bits per heavy atom. The summed E-state index contributed by atoms with van der Waals surface area (Å²) in [6.07, 6.45) is 2.30. The molecule has 2 aromatic rings. The van der Waals surface area contributed by atoms with Gasteiger partial charge in [0.15, 0.2) is 0 Å². The average molecular weight is 410 g/mol. The zero-order valence-corrected chi connectivity index (χ0v) is 18.0. The van der Waals surface area contributed by atoms with E-state index in [4.69, 9.17) is 4.74 Å². The van der Waals surface area contributed by atoms with Crippen LogP contribution in [0.15, 0.2) is 48.5 Å². The molecule has 1 aliphatic heterocycles. The molecule has 0 bridgehead atoms. The molecule has 0 atom stereocenters. The van der Waals surface area contributed by atoms with Crippen LogP contribution in [-0.2, 0) is 22.4 Å². The maximum absolute atomic E-state index is 12.6. The summed E-state index contributed by atoms with van der Waals surface area (Å²) in [6, 6.07) is 16.0. The minimum absolute atomic E-state index is 0.0624. The van der Waals surface area contributed by atoms with Crippen molar-refractivity contribution in [2.75, 3.05) is 29.9 Å². The van der Waals surface area contributed by atoms with Crippen molar-refractivity contribution in [2.45, 2.75) is 45.6 Å². The van der Waals surface area contributed by atoms with Gasteiger partial charge in [0, 0.05) is 18.8 Å². The Kier molecular flexibility index (Phi) is 6.98. The summed E-state index contributed by atoms with van der Waals surface area (Å²) in [5, 5.41) is 6.09. The highest BCUT2D eigenvalue weighted by Crippen LogP contribution is 2.31. The van der Waals surface area contributed by atoms with E-state index in [0.29, 0.717) is 13.1 Å². The predicted molar refractivity (Wildman–Crippen MR) is 120 cm³/mol. The highest BCUT2D eigenvalue weighted by atomic mass is 16.6. The first-order valence-electron chi connectivity index (χ1n) is 10.5. The van der Waals surface area contributed by atoms with Gasteiger partial charge in [-0.15, -0.1) is 0 Å². The third kappa shape index (κ3) is 6.24. The van der Waals surface area contributed by atoms with E-state index in [1.54, 1.807) is 4.90 Å². The van der Waals surface area contributed by atoms with Gasteiger partial charge in [-0.1, -0.05) is 36.4 Å². The van der Waals surface area contributed by atoms with Crippen LogP contribution in [0.25, 0.3) is 0 Å². The highest BCUT2D eigenvalue weighted by Gasteiger charge is 2.27. The first-order chi connectivity index (χ1) is 14.3. The molecule has 1 aliphatic rings. The largest absolute Gasteiger partial charge is 0.443 e. The van der Waals surface area contributed by atoms with Crippen LogP contribution in [0, 0.1) is 0 Å². The number of nitrogens with one attached hydrogen (secondary N) is 2. The molecule has 0 fully saturated rings.